The van der Waals surface area contributed by atoms with Crippen LogP contribution >= 0.6 is 0 Å². The van der Waals surface area contributed by atoms with E-state index >= 15 is 0 Å². The maximum absolute atomic E-state index is 2.44. The van der Waals surface area contributed by atoms with Crippen molar-refractivity contribution in [2.45, 2.75) is 0 Å². The van der Waals surface area contributed by atoms with Gasteiger partial charge in [0, 0.05) is 16.8 Å². The zero-order valence-electron chi connectivity index (χ0n) is 25.5. The number of rotatable bonds is 3. The normalized spacial score (nSPS) is 12.3. The highest BCUT2D eigenvalue weighted by atomic mass is 15.1. The van der Waals surface area contributed by atoms with E-state index in [1.165, 1.54) is 91.9 Å². The van der Waals surface area contributed by atoms with Gasteiger partial charge >= 0.3 is 0 Å². The van der Waals surface area contributed by atoms with Crippen molar-refractivity contribution in [3.63, 3.8) is 0 Å². The van der Waals surface area contributed by atoms with Crippen molar-refractivity contribution < 1.29 is 0 Å². The van der Waals surface area contributed by atoms with Crippen LogP contribution in [0, 0.1) is 0 Å². The maximum Gasteiger partial charge on any atom is 0.0540 e. The van der Waals surface area contributed by atoms with Crippen molar-refractivity contribution in [2.24, 2.45) is 0 Å². The molecule has 216 valence electrons. The van der Waals surface area contributed by atoms with Gasteiger partial charge in [0.1, 0.15) is 0 Å². The molecule has 1 heteroatoms. The molecule has 0 fully saturated rings. The number of fused-ring (bicyclic) bond motifs is 9. The predicted octanol–water partition coefficient (Wildman–Crippen LogP) is 13.3. The van der Waals surface area contributed by atoms with Crippen LogP contribution in [0.1, 0.15) is 0 Å². The third kappa shape index (κ3) is 3.38. The molecule has 0 heterocycles. The second kappa shape index (κ2) is 9.19. The first-order chi connectivity index (χ1) is 23.3. The summed E-state index contributed by atoms with van der Waals surface area (Å²) >= 11 is 0. The molecule has 0 spiro atoms. The number of anilines is 3. The van der Waals surface area contributed by atoms with Gasteiger partial charge in [0.2, 0.25) is 0 Å². The molecule has 0 atom stereocenters. The fourth-order valence-corrected chi connectivity index (χ4v) is 8.46. The molecule has 0 saturated heterocycles. The molecule has 0 bridgehead atoms. The SMILES string of the molecule is c1ccc(N(c2ccccc2)c2ccc3c4cc5cc6c(cc5cc4c4cccc2c34)c2cc3ccccc3c3cccc6c32)cc1. The molecule has 47 heavy (non-hydrogen) atoms. The van der Waals surface area contributed by atoms with Crippen LogP contribution in [0.15, 0.2) is 164 Å². The van der Waals surface area contributed by atoms with Gasteiger partial charge in [-0.15, -0.1) is 0 Å². The smallest absolute Gasteiger partial charge is 0.0540 e. The Hall–Kier alpha value is -6.18. The van der Waals surface area contributed by atoms with Gasteiger partial charge < -0.3 is 4.90 Å². The molecule has 0 radical (unpaired) electrons. The Bertz CT molecular complexity index is 2960. The van der Waals surface area contributed by atoms with Gasteiger partial charge in [-0.25, -0.2) is 0 Å². The second-order valence-corrected chi connectivity index (χ2v) is 12.9. The molecule has 0 amide bonds. The van der Waals surface area contributed by atoms with Gasteiger partial charge in [-0.2, -0.15) is 0 Å². The Labute approximate surface area is 271 Å². The van der Waals surface area contributed by atoms with Crippen molar-refractivity contribution >= 4 is 103 Å². The third-order valence-corrected chi connectivity index (χ3v) is 10.4. The number of benzene rings is 9. The lowest BCUT2D eigenvalue weighted by Gasteiger charge is -2.27. The Morgan fingerprint density at radius 2 is 0.681 bits per heavy atom. The molecule has 11 aromatic rings. The standard InChI is InChI=1S/C46H27N/c1-3-12-31(13-4-1)47(32-14-5-2-6-15-32)44-22-21-37-41-26-29-25-40-36-18-9-17-34-33-16-8-7-11-28(33)23-43(46(34)36)42(40)27-30(29)24-39(41)35-19-10-20-38(44)45(35)37/h1-27H. The molecular formula is C46H27N. The summed E-state index contributed by atoms with van der Waals surface area (Å²) in [5, 5.41) is 21.2. The van der Waals surface area contributed by atoms with Crippen molar-refractivity contribution in [3.05, 3.63) is 164 Å². The van der Waals surface area contributed by atoms with Crippen LogP contribution < -0.4 is 4.90 Å². The van der Waals surface area contributed by atoms with E-state index < -0.39 is 0 Å². The molecule has 0 aliphatic rings. The highest BCUT2D eigenvalue weighted by molar-refractivity contribution is 6.37. The molecule has 0 N–H and O–H groups in total. The van der Waals surface area contributed by atoms with Crippen LogP contribution in [0.25, 0.3) is 86.2 Å². The van der Waals surface area contributed by atoms with Crippen molar-refractivity contribution in [2.75, 3.05) is 4.90 Å². The average molecular weight is 594 g/mol. The minimum atomic E-state index is 1.15. The number of para-hydroxylation sites is 2. The summed E-state index contributed by atoms with van der Waals surface area (Å²) in [5.74, 6) is 0. The van der Waals surface area contributed by atoms with Gasteiger partial charge in [-0.3, -0.25) is 0 Å². The van der Waals surface area contributed by atoms with Crippen molar-refractivity contribution in [3.8, 4) is 0 Å². The molecule has 0 saturated carbocycles. The average Bonchev–Trinajstić information content (AvgIpc) is 3.61. The fourth-order valence-electron chi connectivity index (χ4n) is 8.46. The molecule has 0 aromatic heterocycles. The molecule has 0 aliphatic carbocycles. The van der Waals surface area contributed by atoms with Crippen molar-refractivity contribution in [1.29, 1.82) is 0 Å². The first-order valence-corrected chi connectivity index (χ1v) is 16.4. The van der Waals surface area contributed by atoms with Crippen molar-refractivity contribution in [1.82, 2.24) is 0 Å². The summed E-state index contributed by atoms with van der Waals surface area (Å²) in [5.41, 5.74) is 3.49. The first kappa shape index (κ1) is 25.1. The minimum Gasteiger partial charge on any atom is -0.310 e. The minimum absolute atomic E-state index is 1.15. The summed E-state index contributed by atoms with van der Waals surface area (Å²) in [6, 6.07) is 60.6. The van der Waals surface area contributed by atoms with E-state index in [0.717, 1.165) is 11.4 Å². The quantitative estimate of drug-likeness (QED) is 0.184. The lowest BCUT2D eigenvalue weighted by molar-refractivity contribution is 1.30. The van der Waals surface area contributed by atoms with E-state index in [4.69, 9.17) is 0 Å². The number of nitrogens with zero attached hydrogens (tertiary/aromatic N) is 1. The molecule has 11 aromatic carbocycles. The van der Waals surface area contributed by atoms with E-state index in [9.17, 15) is 0 Å². The highest BCUT2D eigenvalue weighted by Crippen LogP contribution is 2.48. The Kier molecular flexibility index (Phi) is 4.90. The molecule has 1 nitrogen and oxygen atoms in total. The molecule has 0 aliphatic heterocycles. The Balaban J connectivity index is 1.21. The summed E-state index contributed by atoms with van der Waals surface area (Å²) in [6.45, 7) is 0. The van der Waals surface area contributed by atoms with Crippen LogP contribution in [0.5, 0.6) is 0 Å². The fraction of sp³-hybridized carbons (Fsp3) is 0. The summed E-state index contributed by atoms with van der Waals surface area (Å²) in [6.07, 6.45) is 0. The second-order valence-electron chi connectivity index (χ2n) is 12.9. The lowest BCUT2D eigenvalue weighted by atomic mass is 9.99. The van der Waals surface area contributed by atoms with E-state index in [1.54, 1.807) is 0 Å². The number of hydrogen-bond acceptors (Lipinski definition) is 1. The number of hydrogen-bond donors (Lipinski definition) is 0. The van der Waals surface area contributed by atoms with Gasteiger partial charge in [-0.05, 0) is 141 Å². The van der Waals surface area contributed by atoms with Gasteiger partial charge in [0.25, 0.3) is 0 Å². The topological polar surface area (TPSA) is 3.24 Å². The van der Waals surface area contributed by atoms with E-state index in [0.29, 0.717) is 0 Å². The summed E-state index contributed by atoms with van der Waals surface area (Å²) in [7, 11) is 0. The molecule has 11 rings (SSSR count). The van der Waals surface area contributed by atoms with Crippen LogP contribution in [-0.4, -0.2) is 0 Å². The lowest BCUT2D eigenvalue weighted by Crippen LogP contribution is -2.10. The van der Waals surface area contributed by atoms with E-state index in [1.807, 2.05) is 0 Å². The van der Waals surface area contributed by atoms with E-state index in [-0.39, 0.29) is 0 Å². The van der Waals surface area contributed by atoms with Gasteiger partial charge in [-0.1, -0.05) is 103 Å². The van der Waals surface area contributed by atoms with Crippen LogP contribution in [0.2, 0.25) is 0 Å². The van der Waals surface area contributed by atoms with Crippen LogP contribution in [0.4, 0.5) is 17.1 Å². The third-order valence-electron chi connectivity index (χ3n) is 10.4. The van der Waals surface area contributed by atoms with Gasteiger partial charge in [0.05, 0.1) is 5.69 Å². The molecular weight excluding hydrogens is 567 g/mol. The Morgan fingerprint density at radius 3 is 1.30 bits per heavy atom. The summed E-state index contributed by atoms with van der Waals surface area (Å²) < 4.78 is 0. The monoisotopic (exact) mass is 593 g/mol. The maximum atomic E-state index is 2.44. The van der Waals surface area contributed by atoms with Crippen LogP contribution in [0.3, 0.4) is 0 Å². The summed E-state index contributed by atoms with van der Waals surface area (Å²) in [4.78, 5) is 2.38. The van der Waals surface area contributed by atoms with E-state index in [2.05, 4.69) is 169 Å². The Morgan fingerprint density at radius 1 is 0.255 bits per heavy atom. The largest absolute Gasteiger partial charge is 0.310 e. The highest BCUT2D eigenvalue weighted by Gasteiger charge is 2.20. The predicted molar refractivity (Wildman–Crippen MR) is 204 cm³/mol. The molecule has 0 unspecified atom stereocenters. The van der Waals surface area contributed by atoms with Crippen LogP contribution in [-0.2, 0) is 0 Å². The zero-order chi connectivity index (χ0) is 30.6. The first-order valence-electron chi connectivity index (χ1n) is 16.4. The zero-order valence-corrected chi connectivity index (χ0v) is 25.5. The van der Waals surface area contributed by atoms with Gasteiger partial charge in [0.15, 0.2) is 0 Å².